The van der Waals surface area contributed by atoms with Crippen LogP contribution in [0.4, 0.5) is 11.4 Å². The molecule has 1 amide bonds. The number of halogens is 1. The summed E-state index contributed by atoms with van der Waals surface area (Å²) in [5.74, 6) is -0.260. The van der Waals surface area contributed by atoms with Crippen LogP contribution in [0.15, 0.2) is 42.5 Å². The van der Waals surface area contributed by atoms with Crippen molar-refractivity contribution in [3.8, 4) is 6.07 Å². The summed E-state index contributed by atoms with van der Waals surface area (Å²) in [5, 5.41) is 14.0. The molecule has 3 heterocycles. The van der Waals surface area contributed by atoms with Gasteiger partial charge in [0.15, 0.2) is 0 Å². The molecule has 0 spiro atoms. The molecule has 2 aliphatic heterocycles. The lowest BCUT2D eigenvalue weighted by Crippen LogP contribution is -2.49. The molecule has 2 aliphatic rings. The van der Waals surface area contributed by atoms with Crippen molar-refractivity contribution >= 4 is 50.3 Å². The maximum absolute atomic E-state index is 12.9. The minimum atomic E-state index is -0.260. The summed E-state index contributed by atoms with van der Waals surface area (Å²) in [6, 6.07) is 16.2. The fraction of sp³-hybridized carbons (Fsp3) is 0.360. The van der Waals surface area contributed by atoms with E-state index in [4.69, 9.17) is 16.3 Å². The van der Waals surface area contributed by atoms with Crippen molar-refractivity contribution in [2.45, 2.75) is 18.9 Å². The van der Waals surface area contributed by atoms with Gasteiger partial charge in [-0.25, -0.2) is 0 Å². The quantitative estimate of drug-likeness (QED) is 0.570. The molecule has 33 heavy (non-hydrogen) atoms. The molecule has 3 aromatic rings. The lowest BCUT2D eigenvalue weighted by molar-refractivity contribution is 0.0115. The number of benzene rings is 2. The topological polar surface area (TPSA) is 68.6 Å². The number of nitrogens with zero attached hydrogens (tertiary/aromatic N) is 3. The normalized spacial score (nSPS) is 17.8. The number of hydrogen-bond donors (Lipinski definition) is 1. The van der Waals surface area contributed by atoms with E-state index >= 15 is 0 Å². The number of carbonyl (C=O) groups is 1. The first kappa shape index (κ1) is 22.2. The van der Waals surface area contributed by atoms with Crippen molar-refractivity contribution < 1.29 is 9.53 Å². The Labute approximate surface area is 202 Å². The molecule has 2 fully saturated rings. The first-order valence-electron chi connectivity index (χ1n) is 11.2. The van der Waals surface area contributed by atoms with Gasteiger partial charge in [0.25, 0.3) is 5.91 Å². The fourth-order valence-corrected chi connectivity index (χ4v) is 6.15. The van der Waals surface area contributed by atoms with Crippen LogP contribution in [0.25, 0.3) is 10.1 Å². The Hall–Kier alpha value is -2.63. The first-order chi connectivity index (χ1) is 16.1. The van der Waals surface area contributed by atoms with Crippen LogP contribution in [0.3, 0.4) is 0 Å². The van der Waals surface area contributed by atoms with E-state index in [1.165, 1.54) is 11.3 Å². The van der Waals surface area contributed by atoms with Gasteiger partial charge in [-0.1, -0.05) is 29.8 Å². The van der Waals surface area contributed by atoms with Gasteiger partial charge in [-0.3, -0.25) is 9.69 Å². The molecule has 170 valence electrons. The maximum atomic E-state index is 12.9. The summed E-state index contributed by atoms with van der Waals surface area (Å²) in [5.41, 5.74) is 2.09. The molecule has 8 heteroatoms. The van der Waals surface area contributed by atoms with Crippen molar-refractivity contribution in [1.82, 2.24) is 4.90 Å². The summed E-state index contributed by atoms with van der Waals surface area (Å²) >= 11 is 7.82. The highest BCUT2D eigenvalue weighted by atomic mass is 35.5. The third kappa shape index (κ3) is 4.57. The van der Waals surface area contributed by atoms with Crippen LogP contribution in [-0.2, 0) is 4.74 Å². The highest BCUT2D eigenvalue weighted by Gasteiger charge is 2.27. The number of ether oxygens (including phenoxy) is 1. The number of nitrogens with one attached hydrogen (secondary N) is 1. The smallest absolute Gasteiger partial charge is 0.267 e. The average Bonchev–Trinajstić information content (AvgIpc) is 3.21. The van der Waals surface area contributed by atoms with E-state index < -0.39 is 0 Å². The predicted molar refractivity (Wildman–Crippen MR) is 134 cm³/mol. The van der Waals surface area contributed by atoms with Crippen molar-refractivity contribution in [3.63, 3.8) is 0 Å². The maximum Gasteiger partial charge on any atom is 0.267 e. The number of anilines is 2. The molecule has 2 aromatic carbocycles. The van der Waals surface area contributed by atoms with Gasteiger partial charge in [0, 0.05) is 48.0 Å². The van der Waals surface area contributed by atoms with Gasteiger partial charge >= 0.3 is 0 Å². The van der Waals surface area contributed by atoms with Crippen LogP contribution in [0.1, 0.15) is 28.1 Å². The van der Waals surface area contributed by atoms with Gasteiger partial charge in [0.05, 0.1) is 29.5 Å². The number of amides is 1. The molecule has 1 N–H and O–H groups in total. The van der Waals surface area contributed by atoms with Crippen molar-refractivity contribution in [3.05, 3.63) is 57.9 Å². The number of morpholine rings is 1. The highest BCUT2D eigenvalue weighted by molar-refractivity contribution is 7.21. The second kappa shape index (κ2) is 9.70. The van der Waals surface area contributed by atoms with Crippen molar-refractivity contribution in [2.24, 2.45) is 0 Å². The van der Waals surface area contributed by atoms with E-state index in [-0.39, 0.29) is 5.91 Å². The van der Waals surface area contributed by atoms with Gasteiger partial charge in [-0.05, 0) is 37.1 Å². The molecule has 0 bridgehead atoms. The molecule has 6 nitrogen and oxygen atoms in total. The van der Waals surface area contributed by atoms with E-state index in [9.17, 15) is 10.1 Å². The Morgan fingerprint density at radius 3 is 2.61 bits per heavy atom. The molecule has 5 rings (SSSR count). The summed E-state index contributed by atoms with van der Waals surface area (Å²) in [6.45, 7) is 5.48. The minimum Gasteiger partial charge on any atom is -0.379 e. The molecule has 0 saturated carbocycles. The number of rotatable bonds is 4. The second-order valence-corrected chi connectivity index (χ2v) is 9.84. The number of thiophene rings is 1. The van der Waals surface area contributed by atoms with Crippen LogP contribution >= 0.6 is 22.9 Å². The predicted octanol–water partition coefficient (Wildman–Crippen LogP) is 4.98. The fourth-order valence-electron chi connectivity index (χ4n) is 4.74. The first-order valence-corrected chi connectivity index (χ1v) is 12.4. The van der Waals surface area contributed by atoms with Gasteiger partial charge in [-0.15, -0.1) is 11.3 Å². The van der Waals surface area contributed by atoms with E-state index in [2.05, 4.69) is 21.2 Å². The van der Waals surface area contributed by atoms with Gasteiger partial charge in [-0.2, -0.15) is 5.26 Å². The molecule has 1 aromatic heterocycles. The standard InChI is InChI=1S/C25H25ClN4O2S/c26-23-20-3-1-2-4-22(20)33-24(23)25(31)28-18-5-6-21(17(15-18)16-27)30-9-7-19(8-10-30)29-11-13-32-14-12-29/h1-6,15,19H,7-14H2,(H,28,31). The van der Waals surface area contributed by atoms with Gasteiger partial charge in [0.1, 0.15) is 10.9 Å². The molecule has 0 radical (unpaired) electrons. The molecular weight excluding hydrogens is 456 g/mol. The summed E-state index contributed by atoms with van der Waals surface area (Å²) < 4.78 is 6.45. The largest absolute Gasteiger partial charge is 0.379 e. The molecule has 0 atom stereocenters. The van der Waals surface area contributed by atoms with Gasteiger partial charge < -0.3 is 15.0 Å². The molecule has 0 unspecified atom stereocenters. The third-order valence-electron chi connectivity index (χ3n) is 6.48. The van der Waals surface area contributed by atoms with Crippen molar-refractivity contribution in [2.75, 3.05) is 49.6 Å². The SMILES string of the molecule is N#Cc1cc(NC(=O)c2sc3ccccc3c2Cl)ccc1N1CCC(N2CCOCC2)CC1. The molecule has 0 aliphatic carbocycles. The highest BCUT2D eigenvalue weighted by Crippen LogP contribution is 2.36. The number of nitriles is 1. The van der Waals surface area contributed by atoms with E-state index in [0.717, 1.165) is 68.0 Å². The average molecular weight is 481 g/mol. The van der Waals surface area contributed by atoms with E-state index in [0.29, 0.717) is 27.2 Å². The van der Waals surface area contributed by atoms with Crippen LogP contribution in [-0.4, -0.2) is 56.2 Å². The Kier molecular flexibility index (Phi) is 6.52. The Balaban J connectivity index is 1.28. The summed E-state index contributed by atoms with van der Waals surface area (Å²) in [7, 11) is 0. The summed E-state index contributed by atoms with van der Waals surface area (Å²) in [4.78, 5) is 18.2. The van der Waals surface area contributed by atoms with Crippen molar-refractivity contribution in [1.29, 1.82) is 5.26 Å². The van der Waals surface area contributed by atoms with Crippen LogP contribution in [0.5, 0.6) is 0 Å². The number of hydrogen-bond acceptors (Lipinski definition) is 6. The number of fused-ring (bicyclic) bond motifs is 1. The lowest BCUT2D eigenvalue weighted by atomic mass is 10.0. The molecular formula is C25H25ClN4O2S. The lowest BCUT2D eigenvalue weighted by Gasteiger charge is -2.41. The zero-order chi connectivity index (χ0) is 22.8. The number of carbonyl (C=O) groups excluding carboxylic acids is 1. The van der Waals surface area contributed by atoms with Crippen LogP contribution < -0.4 is 10.2 Å². The van der Waals surface area contributed by atoms with E-state index in [1.54, 1.807) is 6.07 Å². The van der Waals surface area contributed by atoms with Crippen LogP contribution in [0.2, 0.25) is 5.02 Å². The number of piperidine rings is 1. The zero-order valence-electron chi connectivity index (χ0n) is 18.2. The van der Waals surface area contributed by atoms with Crippen LogP contribution in [0, 0.1) is 11.3 Å². The Morgan fingerprint density at radius 2 is 1.88 bits per heavy atom. The minimum absolute atomic E-state index is 0.260. The third-order valence-corrected chi connectivity index (χ3v) is 8.16. The van der Waals surface area contributed by atoms with Gasteiger partial charge in [0.2, 0.25) is 0 Å². The van der Waals surface area contributed by atoms with E-state index in [1.807, 2.05) is 36.4 Å². The molecule has 2 saturated heterocycles. The Bertz CT molecular complexity index is 1210. The Morgan fingerprint density at radius 1 is 1.12 bits per heavy atom. The zero-order valence-corrected chi connectivity index (χ0v) is 19.8. The second-order valence-electron chi connectivity index (χ2n) is 8.41. The monoisotopic (exact) mass is 480 g/mol. The summed E-state index contributed by atoms with van der Waals surface area (Å²) in [6.07, 6.45) is 2.15.